The highest BCUT2D eigenvalue weighted by molar-refractivity contribution is 5.95. The highest BCUT2D eigenvalue weighted by Crippen LogP contribution is 2.38. The van der Waals surface area contributed by atoms with Gasteiger partial charge in [-0.15, -0.1) is 0 Å². The van der Waals surface area contributed by atoms with Crippen molar-refractivity contribution in [3.8, 4) is 5.75 Å². The lowest BCUT2D eigenvalue weighted by molar-refractivity contribution is -0.231. The van der Waals surface area contributed by atoms with E-state index in [1.54, 1.807) is 13.8 Å². The molecule has 1 aromatic rings. The Morgan fingerprint density at radius 2 is 1.73 bits per heavy atom. The standard InChI is InChI=1S/C35H52N4O12/c1-20-14-24(15-21(2)28(20)43)31(45)36-17-26(42)29(44)30-27(37-22(3)40)25(41)16-35(51-30,33(47)48)7-9-39-10-13-50-19-34(39)6-8-38(18-34)32(46)23-4-11-49-12-5-23/h14-15,23,25-27,29-30,41-44H,4-13,16-19H2,1-3H3,(H,36,45)(H,37,40)(H,47,48)/t25-,26+,27+,29+,30+,34-,35+/m0/s1. The zero-order valence-corrected chi connectivity index (χ0v) is 29.5. The number of morpholine rings is 1. The van der Waals surface area contributed by atoms with E-state index in [2.05, 4.69) is 15.5 Å². The lowest BCUT2D eigenvalue weighted by Gasteiger charge is -2.49. The second-order valence-electron chi connectivity index (χ2n) is 14.5. The van der Waals surface area contributed by atoms with Gasteiger partial charge in [-0.25, -0.2) is 4.79 Å². The van der Waals surface area contributed by atoms with Crippen LogP contribution in [-0.2, 0) is 28.6 Å². The van der Waals surface area contributed by atoms with Crippen LogP contribution in [0, 0.1) is 19.8 Å². The van der Waals surface area contributed by atoms with Gasteiger partial charge in [0, 0.05) is 77.2 Å². The predicted octanol–water partition coefficient (Wildman–Crippen LogP) is -0.941. The number of aliphatic hydroxyl groups is 3. The normalized spacial score (nSPS) is 30.2. The molecule has 1 spiro atoms. The number of likely N-dealkylation sites (tertiary alicyclic amines) is 1. The average Bonchev–Trinajstić information content (AvgIpc) is 3.53. The van der Waals surface area contributed by atoms with Gasteiger partial charge in [0.1, 0.15) is 18.0 Å². The van der Waals surface area contributed by atoms with Crippen LogP contribution >= 0.6 is 0 Å². The summed E-state index contributed by atoms with van der Waals surface area (Å²) in [6.07, 6.45) is -5.11. The number of ether oxygens (including phenoxy) is 3. The van der Waals surface area contributed by atoms with Crippen molar-refractivity contribution in [3.05, 3.63) is 28.8 Å². The number of aliphatic carboxylic acids is 1. The summed E-state index contributed by atoms with van der Waals surface area (Å²) in [5, 5.41) is 59.3. The number of carbonyl (C=O) groups excluding carboxylic acids is 3. The predicted molar refractivity (Wildman–Crippen MR) is 180 cm³/mol. The fourth-order valence-corrected chi connectivity index (χ4v) is 7.95. The van der Waals surface area contributed by atoms with E-state index in [1.165, 1.54) is 19.1 Å². The van der Waals surface area contributed by atoms with Crippen molar-refractivity contribution in [2.24, 2.45) is 5.92 Å². The van der Waals surface area contributed by atoms with Gasteiger partial charge in [-0.1, -0.05) is 0 Å². The number of phenols is 1. The number of nitrogens with one attached hydrogen (secondary N) is 2. The fourth-order valence-electron chi connectivity index (χ4n) is 7.95. The van der Waals surface area contributed by atoms with Gasteiger partial charge in [0.05, 0.1) is 37.0 Å². The second kappa shape index (κ2) is 16.1. The number of rotatable bonds is 11. The largest absolute Gasteiger partial charge is 0.507 e. The van der Waals surface area contributed by atoms with E-state index in [9.17, 15) is 44.7 Å². The Bertz CT molecular complexity index is 1430. The van der Waals surface area contributed by atoms with Crippen LogP contribution in [0.25, 0.3) is 0 Å². The lowest BCUT2D eigenvalue weighted by atomic mass is 9.81. The number of aryl methyl sites for hydroxylation is 2. The van der Waals surface area contributed by atoms with Gasteiger partial charge in [0.15, 0.2) is 5.60 Å². The van der Waals surface area contributed by atoms with Gasteiger partial charge >= 0.3 is 5.97 Å². The first-order valence-corrected chi connectivity index (χ1v) is 17.7. The number of aromatic hydroxyl groups is 1. The minimum absolute atomic E-state index is 0.0515. The Balaban J connectivity index is 1.29. The summed E-state index contributed by atoms with van der Waals surface area (Å²) in [7, 11) is 0. The number of aliphatic hydroxyl groups excluding tert-OH is 3. The van der Waals surface area contributed by atoms with E-state index >= 15 is 0 Å². The van der Waals surface area contributed by atoms with E-state index in [4.69, 9.17) is 14.2 Å². The molecule has 1 aromatic carbocycles. The summed E-state index contributed by atoms with van der Waals surface area (Å²) >= 11 is 0. The molecule has 4 heterocycles. The molecule has 0 radical (unpaired) electrons. The van der Waals surface area contributed by atoms with Crippen LogP contribution in [0.3, 0.4) is 0 Å². The molecule has 51 heavy (non-hydrogen) atoms. The van der Waals surface area contributed by atoms with Gasteiger partial charge in [-0.3, -0.25) is 19.3 Å². The summed E-state index contributed by atoms with van der Waals surface area (Å²) in [4.78, 5) is 55.3. The Labute approximate surface area is 297 Å². The number of carboxylic acid groups (broad SMARTS) is 1. The third-order valence-electron chi connectivity index (χ3n) is 10.9. The smallest absolute Gasteiger partial charge is 0.336 e. The first-order valence-electron chi connectivity index (χ1n) is 17.7. The summed E-state index contributed by atoms with van der Waals surface area (Å²) in [5.74, 6) is -2.49. The molecule has 4 aliphatic heterocycles. The molecule has 0 unspecified atom stereocenters. The van der Waals surface area contributed by atoms with Gasteiger partial charge < -0.3 is 55.3 Å². The Kier molecular flexibility index (Phi) is 12.3. The van der Waals surface area contributed by atoms with Crippen molar-refractivity contribution in [3.63, 3.8) is 0 Å². The number of carbonyl (C=O) groups is 4. The van der Waals surface area contributed by atoms with Crippen LogP contribution in [0.1, 0.15) is 60.5 Å². The molecule has 0 saturated carbocycles. The molecule has 0 aliphatic carbocycles. The van der Waals surface area contributed by atoms with Crippen molar-refractivity contribution in [1.82, 2.24) is 20.4 Å². The van der Waals surface area contributed by atoms with Crippen molar-refractivity contribution < 1.29 is 58.9 Å². The van der Waals surface area contributed by atoms with Crippen LogP contribution in [0.4, 0.5) is 0 Å². The quantitative estimate of drug-likeness (QED) is 0.147. The monoisotopic (exact) mass is 720 g/mol. The third kappa shape index (κ3) is 8.48. The van der Waals surface area contributed by atoms with Crippen LogP contribution < -0.4 is 10.6 Å². The summed E-state index contributed by atoms with van der Waals surface area (Å²) < 4.78 is 17.5. The maximum atomic E-state index is 13.4. The first kappa shape index (κ1) is 38.8. The maximum Gasteiger partial charge on any atom is 0.336 e. The Morgan fingerprint density at radius 3 is 2.37 bits per heavy atom. The number of benzene rings is 1. The highest BCUT2D eigenvalue weighted by atomic mass is 16.6. The zero-order chi connectivity index (χ0) is 37.1. The molecule has 3 amide bonds. The average molecular weight is 721 g/mol. The number of hydrogen-bond donors (Lipinski definition) is 7. The molecular weight excluding hydrogens is 668 g/mol. The highest BCUT2D eigenvalue weighted by Gasteiger charge is 2.55. The van der Waals surface area contributed by atoms with Gasteiger partial charge in [0.25, 0.3) is 5.91 Å². The van der Waals surface area contributed by atoms with E-state index < -0.39 is 72.3 Å². The second-order valence-corrected chi connectivity index (χ2v) is 14.5. The van der Waals surface area contributed by atoms with Crippen molar-refractivity contribution in [2.75, 3.05) is 59.2 Å². The Morgan fingerprint density at radius 1 is 1.04 bits per heavy atom. The topological polar surface area (TPSA) is 228 Å². The van der Waals surface area contributed by atoms with E-state index in [1.807, 2.05) is 4.90 Å². The van der Waals surface area contributed by atoms with Gasteiger partial charge in [-0.05, 0) is 56.4 Å². The van der Waals surface area contributed by atoms with Gasteiger partial charge in [0.2, 0.25) is 11.8 Å². The molecule has 4 saturated heterocycles. The lowest BCUT2D eigenvalue weighted by Crippen LogP contribution is -2.68. The maximum absolute atomic E-state index is 13.4. The summed E-state index contributed by atoms with van der Waals surface area (Å²) in [6, 6.07) is 1.67. The molecule has 16 nitrogen and oxygen atoms in total. The number of carboxylic acids is 1. The van der Waals surface area contributed by atoms with Crippen molar-refractivity contribution >= 4 is 23.7 Å². The fraction of sp³-hybridized carbons (Fsp3) is 0.714. The molecule has 4 fully saturated rings. The molecule has 16 heteroatoms. The van der Waals surface area contributed by atoms with E-state index in [0.717, 1.165) is 0 Å². The first-order chi connectivity index (χ1) is 24.2. The molecule has 7 N–H and O–H groups in total. The summed E-state index contributed by atoms with van der Waals surface area (Å²) in [6.45, 7) is 7.54. The summed E-state index contributed by atoms with van der Waals surface area (Å²) in [5.41, 5.74) is -1.38. The zero-order valence-electron chi connectivity index (χ0n) is 29.5. The molecule has 284 valence electrons. The van der Waals surface area contributed by atoms with E-state index in [0.29, 0.717) is 76.5 Å². The Hall–Kier alpha value is -3.38. The minimum Gasteiger partial charge on any atom is -0.507 e. The molecule has 7 atom stereocenters. The molecule has 0 aromatic heterocycles. The van der Waals surface area contributed by atoms with Crippen molar-refractivity contribution in [2.45, 2.75) is 94.5 Å². The molecule has 0 bridgehead atoms. The van der Waals surface area contributed by atoms with Crippen LogP contribution in [0.15, 0.2) is 12.1 Å². The SMILES string of the molecule is CC(=O)N[C@H]1[C@H]([C@H](O)[C@H](O)CNC(=O)c2cc(C)c(O)c(C)c2)O[C@@](CCN2CCOC[C@@]23CCN(C(=O)C2CCOCC2)C3)(C(=O)O)C[C@@H]1O. The third-order valence-corrected chi connectivity index (χ3v) is 10.9. The van der Waals surface area contributed by atoms with Crippen LogP contribution in [-0.4, -0.2) is 160 Å². The molecular formula is C35H52N4O12. The molecule has 4 aliphatic rings. The molecule has 5 rings (SSSR count). The van der Waals surface area contributed by atoms with Gasteiger partial charge in [-0.2, -0.15) is 0 Å². The minimum atomic E-state index is -2.01. The number of amides is 3. The van der Waals surface area contributed by atoms with Crippen molar-refractivity contribution in [1.29, 1.82) is 0 Å². The van der Waals surface area contributed by atoms with Crippen LogP contribution in [0.5, 0.6) is 5.75 Å². The van der Waals surface area contributed by atoms with Crippen LogP contribution in [0.2, 0.25) is 0 Å². The number of nitrogens with zero attached hydrogens (tertiary/aromatic N) is 2. The number of phenolic OH excluding ortho intramolecular Hbond substituents is 1. The van der Waals surface area contributed by atoms with E-state index in [-0.39, 0.29) is 36.1 Å². The number of hydrogen-bond acceptors (Lipinski definition) is 12.